The lowest BCUT2D eigenvalue weighted by atomic mass is 10.0. The van der Waals surface area contributed by atoms with Crippen LogP contribution in [0.5, 0.6) is 5.75 Å². The first-order chi connectivity index (χ1) is 13.8. The molecule has 7 nitrogen and oxygen atoms in total. The fourth-order valence-corrected chi connectivity index (χ4v) is 3.26. The molecule has 0 radical (unpaired) electrons. The molecule has 3 heterocycles. The molecule has 0 spiro atoms. The van der Waals surface area contributed by atoms with Gasteiger partial charge < -0.3 is 19.4 Å². The standard InChI is InChI=1S/C21H22N4O3/c26-20(19-16(9-14-27-19)15-28-18-5-2-1-3-6-18)24-17-7-12-25(13-8-17)21-22-10-4-11-23-21/h1-6,9-11,14,17H,7-8,12-13,15H2,(H,24,26). The summed E-state index contributed by atoms with van der Waals surface area (Å²) in [7, 11) is 0. The van der Waals surface area contributed by atoms with Gasteiger partial charge in [0.1, 0.15) is 12.4 Å². The lowest BCUT2D eigenvalue weighted by Crippen LogP contribution is -2.45. The summed E-state index contributed by atoms with van der Waals surface area (Å²) in [5.41, 5.74) is 0.733. The fourth-order valence-electron chi connectivity index (χ4n) is 3.26. The molecule has 1 aliphatic heterocycles. The molecule has 28 heavy (non-hydrogen) atoms. The summed E-state index contributed by atoms with van der Waals surface area (Å²) in [6.07, 6.45) is 6.67. The highest BCUT2D eigenvalue weighted by atomic mass is 16.5. The van der Waals surface area contributed by atoms with Crippen molar-refractivity contribution in [1.29, 1.82) is 0 Å². The first-order valence-corrected chi connectivity index (χ1v) is 9.36. The van der Waals surface area contributed by atoms with Gasteiger partial charge in [-0.1, -0.05) is 18.2 Å². The van der Waals surface area contributed by atoms with Crippen molar-refractivity contribution in [3.63, 3.8) is 0 Å². The summed E-state index contributed by atoms with van der Waals surface area (Å²) < 4.78 is 11.2. The molecule has 144 valence electrons. The smallest absolute Gasteiger partial charge is 0.287 e. The third kappa shape index (κ3) is 4.31. The number of hydrogen-bond donors (Lipinski definition) is 1. The van der Waals surface area contributed by atoms with Gasteiger partial charge in [-0.3, -0.25) is 4.79 Å². The molecule has 3 aromatic rings. The number of anilines is 1. The van der Waals surface area contributed by atoms with Crippen LogP contribution in [0, 0.1) is 0 Å². The topological polar surface area (TPSA) is 80.5 Å². The van der Waals surface area contributed by atoms with Crippen molar-refractivity contribution in [1.82, 2.24) is 15.3 Å². The molecule has 1 aromatic carbocycles. The number of benzene rings is 1. The largest absolute Gasteiger partial charge is 0.489 e. The zero-order valence-electron chi connectivity index (χ0n) is 15.5. The zero-order chi connectivity index (χ0) is 19.2. The van der Waals surface area contributed by atoms with Gasteiger partial charge in [-0.05, 0) is 37.1 Å². The molecule has 0 bridgehead atoms. The van der Waals surface area contributed by atoms with E-state index >= 15 is 0 Å². The molecule has 1 fully saturated rings. The van der Waals surface area contributed by atoms with E-state index in [1.807, 2.05) is 30.3 Å². The zero-order valence-corrected chi connectivity index (χ0v) is 15.5. The number of furan rings is 1. The van der Waals surface area contributed by atoms with E-state index in [9.17, 15) is 4.79 Å². The van der Waals surface area contributed by atoms with Gasteiger partial charge in [-0.15, -0.1) is 0 Å². The number of amides is 1. The Morgan fingerprint density at radius 2 is 1.86 bits per heavy atom. The maximum atomic E-state index is 12.7. The van der Waals surface area contributed by atoms with E-state index in [0.29, 0.717) is 5.76 Å². The van der Waals surface area contributed by atoms with Crippen LogP contribution >= 0.6 is 0 Å². The van der Waals surface area contributed by atoms with Crippen LogP contribution < -0.4 is 15.0 Å². The van der Waals surface area contributed by atoms with Crippen molar-refractivity contribution in [3.05, 3.63) is 72.4 Å². The van der Waals surface area contributed by atoms with Crippen LogP contribution in [0.15, 0.2) is 65.5 Å². The van der Waals surface area contributed by atoms with Gasteiger partial charge in [-0.25, -0.2) is 9.97 Å². The Hall–Kier alpha value is -3.35. The van der Waals surface area contributed by atoms with Crippen LogP contribution in [0.3, 0.4) is 0 Å². The molecule has 0 atom stereocenters. The summed E-state index contributed by atoms with van der Waals surface area (Å²) in [6.45, 7) is 1.89. The number of carbonyl (C=O) groups excluding carboxylic acids is 1. The molecule has 0 aliphatic carbocycles. The van der Waals surface area contributed by atoms with Crippen molar-refractivity contribution in [2.45, 2.75) is 25.5 Å². The number of piperidine rings is 1. The first kappa shape index (κ1) is 18.0. The number of hydrogen-bond acceptors (Lipinski definition) is 6. The van der Waals surface area contributed by atoms with Gasteiger partial charge in [0.05, 0.1) is 6.26 Å². The number of aromatic nitrogens is 2. The molecule has 1 aliphatic rings. The Kier molecular flexibility index (Phi) is 5.51. The Labute approximate surface area is 163 Å². The van der Waals surface area contributed by atoms with E-state index in [4.69, 9.17) is 9.15 Å². The lowest BCUT2D eigenvalue weighted by Gasteiger charge is -2.32. The summed E-state index contributed by atoms with van der Waals surface area (Å²) in [6, 6.07) is 13.2. The second kappa shape index (κ2) is 8.56. The number of carbonyl (C=O) groups is 1. The third-order valence-corrected chi connectivity index (χ3v) is 4.76. The van der Waals surface area contributed by atoms with Gasteiger partial charge in [0.25, 0.3) is 5.91 Å². The molecule has 2 aromatic heterocycles. The molecule has 0 saturated carbocycles. The number of nitrogens with zero attached hydrogens (tertiary/aromatic N) is 3. The molecule has 7 heteroatoms. The average Bonchev–Trinajstić information content (AvgIpc) is 3.23. The van der Waals surface area contributed by atoms with E-state index < -0.39 is 0 Å². The van der Waals surface area contributed by atoms with E-state index in [-0.39, 0.29) is 18.6 Å². The van der Waals surface area contributed by atoms with Crippen molar-refractivity contribution < 1.29 is 13.9 Å². The Morgan fingerprint density at radius 3 is 2.61 bits per heavy atom. The Bertz CT molecular complexity index is 890. The van der Waals surface area contributed by atoms with Gasteiger partial charge >= 0.3 is 0 Å². The number of para-hydroxylation sites is 1. The Balaban J connectivity index is 1.31. The lowest BCUT2D eigenvalue weighted by molar-refractivity contribution is 0.0899. The van der Waals surface area contributed by atoms with Crippen molar-refractivity contribution in [3.8, 4) is 5.75 Å². The van der Waals surface area contributed by atoms with Crippen LogP contribution in [0.4, 0.5) is 5.95 Å². The third-order valence-electron chi connectivity index (χ3n) is 4.76. The number of ether oxygens (including phenoxy) is 1. The second-order valence-electron chi connectivity index (χ2n) is 6.66. The molecular weight excluding hydrogens is 356 g/mol. The maximum absolute atomic E-state index is 12.7. The molecule has 1 saturated heterocycles. The summed E-state index contributed by atoms with van der Waals surface area (Å²) >= 11 is 0. The fraction of sp³-hybridized carbons (Fsp3) is 0.286. The van der Waals surface area contributed by atoms with Gasteiger partial charge in [0.2, 0.25) is 5.95 Å². The minimum atomic E-state index is -0.203. The monoisotopic (exact) mass is 378 g/mol. The Morgan fingerprint density at radius 1 is 1.11 bits per heavy atom. The maximum Gasteiger partial charge on any atom is 0.287 e. The van der Waals surface area contributed by atoms with Gasteiger partial charge in [0.15, 0.2) is 5.76 Å². The minimum Gasteiger partial charge on any atom is -0.489 e. The molecule has 1 N–H and O–H groups in total. The normalized spacial score (nSPS) is 14.6. The van der Waals surface area contributed by atoms with E-state index in [0.717, 1.165) is 43.2 Å². The second-order valence-corrected chi connectivity index (χ2v) is 6.66. The highest BCUT2D eigenvalue weighted by Crippen LogP contribution is 2.18. The highest BCUT2D eigenvalue weighted by molar-refractivity contribution is 5.93. The van der Waals surface area contributed by atoms with Crippen LogP contribution in [0.25, 0.3) is 0 Å². The molecular formula is C21H22N4O3. The van der Waals surface area contributed by atoms with Crippen molar-refractivity contribution >= 4 is 11.9 Å². The highest BCUT2D eigenvalue weighted by Gasteiger charge is 2.24. The quantitative estimate of drug-likeness (QED) is 0.710. The van der Waals surface area contributed by atoms with E-state index in [1.165, 1.54) is 6.26 Å². The minimum absolute atomic E-state index is 0.0976. The van der Waals surface area contributed by atoms with Crippen LogP contribution in [-0.2, 0) is 6.61 Å². The van der Waals surface area contributed by atoms with Crippen molar-refractivity contribution in [2.75, 3.05) is 18.0 Å². The van der Waals surface area contributed by atoms with Crippen molar-refractivity contribution in [2.24, 2.45) is 0 Å². The van der Waals surface area contributed by atoms with Crippen LogP contribution in [0.2, 0.25) is 0 Å². The van der Waals surface area contributed by atoms with E-state index in [1.54, 1.807) is 24.5 Å². The average molecular weight is 378 g/mol. The SMILES string of the molecule is O=C(NC1CCN(c2ncccn2)CC1)c1occc1COc1ccccc1. The van der Waals surface area contributed by atoms with Crippen LogP contribution in [-0.4, -0.2) is 35.0 Å². The van der Waals surface area contributed by atoms with E-state index in [2.05, 4.69) is 20.2 Å². The molecule has 4 rings (SSSR count). The summed E-state index contributed by atoms with van der Waals surface area (Å²) in [5, 5.41) is 3.08. The van der Waals surface area contributed by atoms with Gasteiger partial charge in [-0.2, -0.15) is 0 Å². The summed E-state index contributed by atoms with van der Waals surface area (Å²) in [4.78, 5) is 23.4. The number of rotatable bonds is 6. The predicted molar refractivity (Wildman–Crippen MR) is 104 cm³/mol. The predicted octanol–water partition coefficient (Wildman–Crippen LogP) is 3.05. The summed E-state index contributed by atoms with van der Waals surface area (Å²) in [5.74, 6) is 1.60. The molecule has 0 unspecified atom stereocenters. The molecule has 1 amide bonds. The van der Waals surface area contributed by atoms with Gasteiger partial charge in [0, 0.05) is 37.1 Å². The first-order valence-electron chi connectivity index (χ1n) is 9.36. The van der Waals surface area contributed by atoms with Crippen LogP contribution in [0.1, 0.15) is 29.0 Å². The number of nitrogens with one attached hydrogen (secondary N) is 1.